The topological polar surface area (TPSA) is 15.3 Å². The molecule has 0 spiro atoms. The Balaban J connectivity index is 2.04. The number of hydrogen-bond donors (Lipinski definition) is 1. The van der Waals surface area contributed by atoms with Crippen molar-refractivity contribution in [3.63, 3.8) is 0 Å². The van der Waals surface area contributed by atoms with E-state index < -0.39 is 0 Å². The molecule has 0 aliphatic carbocycles. The zero-order chi connectivity index (χ0) is 10.3. The monoisotopic (exact) mass is 218 g/mol. The van der Waals surface area contributed by atoms with Crippen molar-refractivity contribution in [3.05, 3.63) is 29.8 Å². The zero-order valence-corrected chi connectivity index (χ0v) is 9.39. The molecule has 1 fully saturated rings. The van der Waals surface area contributed by atoms with E-state index >= 15 is 0 Å². The fraction of sp³-hybridized carbons (Fsp3) is 0.417. The predicted molar refractivity (Wildman–Crippen MR) is 66.4 cm³/mol. The van der Waals surface area contributed by atoms with E-state index in [1.807, 2.05) is 0 Å². The molecule has 2 aliphatic heterocycles. The fourth-order valence-corrected chi connectivity index (χ4v) is 2.94. The highest BCUT2D eigenvalue weighted by atomic mass is 32.1. The minimum Gasteiger partial charge on any atom is -0.382 e. The van der Waals surface area contributed by atoms with E-state index in [2.05, 4.69) is 34.5 Å². The summed E-state index contributed by atoms with van der Waals surface area (Å²) in [6, 6.07) is 8.95. The molecule has 0 aromatic heterocycles. The van der Waals surface area contributed by atoms with Crippen LogP contribution in [0.25, 0.3) is 0 Å². The predicted octanol–water partition coefficient (Wildman–Crippen LogP) is 2.25. The number of para-hydroxylation sites is 1. The lowest BCUT2D eigenvalue weighted by molar-refractivity contribution is 0.414. The van der Waals surface area contributed by atoms with Gasteiger partial charge in [-0.15, -0.1) is 0 Å². The van der Waals surface area contributed by atoms with Gasteiger partial charge in [-0.05, 0) is 25.0 Å². The van der Waals surface area contributed by atoms with Crippen LogP contribution in [0.4, 0.5) is 5.69 Å². The summed E-state index contributed by atoms with van der Waals surface area (Å²) >= 11 is 5.57. The van der Waals surface area contributed by atoms with E-state index in [1.54, 1.807) is 0 Å². The van der Waals surface area contributed by atoms with Crippen molar-refractivity contribution >= 4 is 22.9 Å². The lowest BCUT2D eigenvalue weighted by atomic mass is 10.1. The average Bonchev–Trinajstić information content (AvgIpc) is 2.69. The van der Waals surface area contributed by atoms with E-state index in [4.69, 9.17) is 12.2 Å². The van der Waals surface area contributed by atoms with Crippen LogP contribution in [-0.4, -0.2) is 29.0 Å². The van der Waals surface area contributed by atoms with Gasteiger partial charge in [0.05, 0.1) is 0 Å². The smallest absolute Gasteiger partial charge is 0.111 e. The highest BCUT2D eigenvalue weighted by Crippen LogP contribution is 2.28. The van der Waals surface area contributed by atoms with Crippen LogP contribution >= 0.6 is 12.2 Å². The van der Waals surface area contributed by atoms with Crippen molar-refractivity contribution in [2.45, 2.75) is 18.9 Å². The molecule has 2 aliphatic rings. The maximum atomic E-state index is 5.57. The van der Waals surface area contributed by atoms with Gasteiger partial charge >= 0.3 is 0 Å². The zero-order valence-electron chi connectivity index (χ0n) is 8.57. The Kier molecular flexibility index (Phi) is 2.13. The van der Waals surface area contributed by atoms with Gasteiger partial charge in [0, 0.05) is 30.4 Å². The Bertz CT molecular complexity index is 402. The number of nitrogens with zero attached hydrogens (tertiary/aromatic N) is 1. The Labute approximate surface area is 95.3 Å². The van der Waals surface area contributed by atoms with Crippen molar-refractivity contribution in [1.82, 2.24) is 4.90 Å². The summed E-state index contributed by atoms with van der Waals surface area (Å²) in [6.45, 7) is 2.15. The van der Waals surface area contributed by atoms with Crippen LogP contribution in [0.3, 0.4) is 0 Å². The second-order valence-corrected chi connectivity index (χ2v) is 4.61. The maximum Gasteiger partial charge on any atom is 0.111 e. The maximum absolute atomic E-state index is 5.57. The number of nitrogens with one attached hydrogen (secondary N) is 1. The van der Waals surface area contributed by atoms with Crippen molar-refractivity contribution in [2.24, 2.45) is 0 Å². The minimum atomic E-state index is 0.602. The molecule has 3 rings (SSSR count). The van der Waals surface area contributed by atoms with Crippen molar-refractivity contribution in [2.75, 3.05) is 18.4 Å². The molecule has 1 atom stereocenters. The number of anilines is 1. The van der Waals surface area contributed by atoms with Crippen LogP contribution < -0.4 is 5.32 Å². The third-order valence-corrected chi connectivity index (χ3v) is 3.78. The van der Waals surface area contributed by atoms with Gasteiger partial charge in [0.25, 0.3) is 0 Å². The van der Waals surface area contributed by atoms with Crippen LogP contribution in [0.15, 0.2) is 24.3 Å². The normalized spacial score (nSPS) is 24.1. The molecule has 1 saturated heterocycles. The first-order valence-electron chi connectivity index (χ1n) is 5.50. The lowest BCUT2D eigenvalue weighted by Gasteiger charge is -2.23. The van der Waals surface area contributed by atoms with Gasteiger partial charge in [-0.3, -0.25) is 0 Å². The number of hydrogen-bond acceptors (Lipinski definition) is 2. The summed E-state index contributed by atoms with van der Waals surface area (Å²) in [7, 11) is 0. The summed E-state index contributed by atoms with van der Waals surface area (Å²) in [4.78, 5) is 3.41. The molecular weight excluding hydrogens is 204 g/mol. The van der Waals surface area contributed by atoms with Gasteiger partial charge < -0.3 is 10.2 Å². The minimum absolute atomic E-state index is 0.602. The van der Waals surface area contributed by atoms with E-state index in [-0.39, 0.29) is 0 Å². The Morgan fingerprint density at radius 2 is 2.20 bits per heavy atom. The fourth-order valence-electron chi connectivity index (χ4n) is 2.52. The molecule has 0 bridgehead atoms. The first kappa shape index (κ1) is 9.16. The number of fused-ring (bicyclic) bond motifs is 2. The molecule has 0 unspecified atom stereocenters. The van der Waals surface area contributed by atoms with Gasteiger partial charge in [0.15, 0.2) is 0 Å². The first-order valence-corrected chi connectivity index (χ1v) is 5.91. The molecule has 0 amide bonds. The van der Waals surface area contributed by atoms with E-state index in [1.165, 1.54) is 24.1 Å². The van der Waals surface area contributed by atoms with Gasteiger partial charge in [-0.1, -0.05) is 24.4 Å². The van der Waals surface area contributed by atoms with Crippen molar-refractivity contribution in [3.8, 4) is 0 Å². The highest BCUT2D eigenvalue weighted by molar-refractivity contribution is 7.80. The van der Waals surface area contributed by atoms with Crippen molar-refractivity contribution in [1.29, 1.82) is 0 Å². The Hall–Kier alpha value is -1.09. The standard InChI is InChI=1S/C12H14N2S/c15-12-10-5-1-2-6-11(10)13-8-9-4-3-7-14(9)12/h1-2,5-6,9,13H,3-4,7-8H2/t9-/m1/s1. The summed E-state index contributed by atoms with van der Waals surface area (Å²) in [5.74, 6) is 0. The molecule has 0 radical (unpaired) electrons. The first-order chi connectivity index (χ1) is 7.36. The molecule has 2 heterocycles. The summed E-state index contributed by atoms with van der Waals surface area (Å²) in [5.41, 5.74) is 2.38. The summed E-state index contributed by atoms with van der Waals surface area (Å²) < 4.78 is 0. The highest BCUT2D eigenvalue weighted by Gasteiger charge is 2.30. The van der Waals surface area contributed by atoms with E-state index in [0.29, 0.717) is 6.04 Å². The average molecular weight is 218 g/mol. The number of benzene rings is 1. The molecule has 3 heteroatoms. The van der Waals surface area contributed by atoms with Crippen LogP contribution in [0.1, 0.15) is 18.4 Å². The Morgan fingerprint density at radius 3 is 3.13 bits per heavy atom. The van der Waals surface area contributed by atoms with E-state index in [9.17, 15) is 0 Å². The SMILES string of the molecule is S=C1c2ccccc2NC[C@H]2CCCN12. The third kappa shape index (κ3) is 1.42. The quantitative estimate of drug-likeness (QED) is 0.672. The molecule has 78 valence electrons. The summed E-state index contributed by atoms with van der Waals surface area (Å²) in [5, 5.41) is 3.50. The van der Waals surface area contributed by atoms with Gasteiger partial charge in [-0.25, -0.2) is 0 Å². The van der Waals surface area contributed by atoms with Crippen LogP contribution in [0, 0.1) is 0 Å². The second-order valence-electron chi connectivity index (χ2n) is 4.22. The van der Waals surface area contributed by atoms with Gasteiger partial charge in [-0.2, -0.15) is 0 Å². The van der Waals surface area contributed by atoms with Crippen LogP contribution in [-0.2, 0) is 0 Å². The molecule has 0 saturated carbocycles. The summed E-state index contributed by atoms with van der Waals surface area (Å²) in [6.07, 6.45) is 2.54. The number of rotatable bonds is 0. The third-order valence-electron chi connectivity index (χ3n) is 3.32. The second kappa shape index (κ2) is 3.49. The molecule has 1 aromatic rings. The van der Waals surface area contributed by atoms with Gasteiger partial charge in [0.1, 0.15) is 4.99 Å². The van der Waals surface area contributed by atoms with Crippen molar-refractivity contribution < 1.29 is 0 Å². The molecule has 1 aromatic carbocycles. The number of thiocarbonyl (C=S) groups is 1. The molecule has 1 N–H and O–H groups in total. The van der Waals surface area contributed by atoms with E-state index in [0.717, 1.165) is 18.1 Å². The lowest BCUT2D eigenvalue weighted by Crippen LogP contribution is -2.36. The Morgan fingerprint density at radius 1 is 1.33 bits per heavy atom. The van der Waals surface area contributed by atoms with Gasteiger partial charge in [0.2, 0.25) is 0 Å². The van der Waals surface area contributed by atoms with Crippen LogP contribution in [0.2, 0.25) is 0 Å². The molecule has 2 nitrogen and oxygen atoms in total. The van der Waals surface area contributed by atoms with Crippen LogP contribution in [0.5, 0.6) is 0 Å². The molecular formula is C12H14N2S. The molecule has 15 heavy (non-hydrogen) atoms. The largest absolute Gasteiger partial charge is 0.382 e.